The van der Waals surface area contributed by atoms with E-state index in [2.05, 4.69) is 10.3 Å². The molecule has 1 amide bonds. The predicted molar refractivity (Wildman–Crippen MR) is 110 cm³/mol. The Kier molecular flexibility index (Phi) is 6.50. The van der Waals surface area contributed by atoms with E-state index in [1.165, 1.54) is 31.2 Å². The number of amides is 1. The second-order valence-corrected chi connectivity index (χ2v) is 7.10. The summed E-state index contributed by atoms with van der Waals surface area (Å²) >= 11 is 1.15. The minimum atomic E-state index is -1.07. The third-order valence-electron chi connectivity index (χ3n) is 4.11. The van der Waals surface area contributed by atoms with Crippen molar-refractivity contribution in [2.24, 2.45) is 0 Å². The average molecular weight is 427 g/mol. The summed E-state index contributed by atoms with van der Waals surface area (Å²) < 4.78 is 5.17. The highest BCUT2D eigenvalue weighted by Gasteiger charge is 2.20. The van der Waals surface area contributed by atoms with E-state index in [0.717, 1.165) is 11.3 Å². The van der Waals surface area contributed by atoms with Crippen molar-refractivity contribution in [3.8, 4) is 11.3 Å². The minimum Gasteiger partial charge on any atom is -0.449 e. The number of benzene rings is 2. The van der Waals surface area contributed by atoms with Crippen LogP contribution in [0.3, 0.4) is 0 Å². The van der Waals surface area contributed by atoms with E-state index in [4.69, 9.17) is 9.84 Å². The number of hydrogen-bond acceptors (Lipinski definition) is 8. The molecule has 1 unspecified atom stereocenters. The van der Waals surface area contributed by atoms with Gasteiger partial charge in [-0.25, -0.2) is 9.78 Å². The zero-order chi connectivity index (χ0) is 21.7. The van der Waals surface area contributed by atoms with Crippen LogP contribution in [0.4, 0.5) is 10.8 Å². The Bertz CT molecular complexity index is 1080. The number of carbonyl (C=O) groups is 2. The summed E-state index contributed by atoms with van der Waals surface area (Å²) in [5.74, 6) is -1.23. The first-order valence-electron chi connectivity index (χ1n) is 8.79. The van der Waals surface area contributed by atoms with E-state index in [9.17, 15) is 19.7 Å². The smallest absolute Gasteiger partial charge is 0.338 e. The normalized spacial score (nSPS) is 11.5. The fourth-order valence-corrected chi connectivity index (χ4v) is 3.20. The number of nitrogens with one attached hydrogen (secondary N) is 1. The van der Waals surface area contributed by atoms with Crippen molar-refractivity contribution >= 4 is 34.0 Å². The number of aliphatic hydroxyl groups excluding tert-OH is 1. The molecule has 3 aromatic rings. The van der Waals surface area contributed by atoms with E-state index >= 15 is 0 Å². The number of aromatic nitrogens is 1. The first kappa shape index (κ1) is 21.1. The van der Waals surface area contributed by atoms with Crippen LogP contribution in [-0.2, 0) is 16.1 Å². The Balaban J connectivity index is 1.62. The van der Waals surface area contributed by atoms with Gasteiger partial charge >= 0.3 is 5.97 Å². The maximum Gasteiger partial charge on any atom is 0.338 e. The van der Waals surface area contributed by atoms with E-state index in [0.29, 0.717) is 16.8 Å². The van der Waals surface area contributed by atoms with Gasteiger partial charge in [0.1, 0.15) is 0 Å². The number of carbonyl (C=O) groups excluding carboxylic acids is 2. The van der Waals surface area contributed by atoms with Crippen LogP contribution in [0.2, 0.25) is 0 Å². The molecule has 0 bridgehead atoms. The lowest BCUT2D eigenvalue weighted by Gasteiger charge is -2.12. The first-order chi connectivity index (χ1) is 14.4. The average Bonchev–Trinajstić information content (AvgIpc) is 3.22. The van der Waals surface area contributed by atoms with Gasteiger partial charge in [-0.15, -0.1) is 11.3 Å². The van der Waals surface area contributed by atoms with Gasteiger partial charge < -0.3 is 9.84 Å². The molecular weight excluding hydrogens is 410 g/mol. The summed E-state index contributed by atoms with van der Waals surface area (Å²) in [6, 6.07) is 12.2. The maximum atomic E-state index is 12.3. The molecule has 0 radical (unpaired) electrons. The van der Waals surface area contributed by atoms with E-state index in [1.807, 2.05) is 0 Å². The molecule has 154 valence electrons. The molecule has 2 aromatic carbocycles. The minimum absolute atomic E-state index is 0.0568. The number of hydrogen-bond donors (Lipinski definition) is 2. The van der Waals surface area contributed by atoms with Gasteiger partial charge in [0, 0.05) is 23.1 Å². The molecule has 0 aliphatic rings. The summed E-state index contributed by atoms with van der Waals surface area (Å²) in [6.45, 7) is 1.30. The van der Waals surface area contributed by atoms with Crippen molar-refractivity contribution in [1.29, 1.82) is 0 Å². The van der Waals surface area contributed by atoms with Crippen molar-refractivity contribution < 1.29 is 24.4 Å². The number of non-ortho nitro benzene ring substituents is 1. The number of anilines is 1. The number of esters is 1. The first-order valence-corrected chi connectivity index (χ1v) is 9.67. The lowest BCUT2D eigenvalue weighted by Crippen LogP contribution is -2.30. The number of rotatable bonds is 7. The second kappa shape index (κ2) is 9.25. The van der Waals surface area contributed by atoms with Crippen LogP contribution in [0.15, 0.2) is 53.9 Å². The van der Waals surface area contributed by atoms with E-state index in [1.54, 1.807) is 29.6 Å². The summed E-state index contributed by atoms with van der Waals surface area (Å²) in [4.78, 5) is 39.2. The fraction of sp³-hybridized carbons (Fsp3) is 0.150. The molecule has 30 heavy (non-hydrogen) atoms. The number of ether oxygens (including phenoxy) is 1. The quantitative estimate of drug-likeness (QED) is 0.335. The van der Waals surface area contributed by atoms with Crippen molar-refractivity contribution in [1.82, 2.24) is 4.98 Å². The molecule has 0 saturated heterocycles. The Morgan fingerprint density at radius 1 is 1.27 bits per heavy atom. The largest absolute Gasteiger partial charge is 0.449 e. The van der Waals surface area contributed by atoms with Gasteiger partial charge in [-0.3, -0.25) is 20.2 Å². The van der Waals surface area contributed by atoms with Gasteiger partial charge in [-0.05, 0) is 24.6 Å². The van der Waals surface area contributed by atoms with Gasteiger partial charge in [0.05, 0.1) is 22.8 Å². The Morgan fingerprint density at radius 2 is 2.00 bits per heavy atom. The number of nitro groups is 1. The molecule has 1 heterocycles. The number of thiazole rings is 1. The molecule has 0 aliphatic carbocycles. The lowest BCUT2D eigenvalue weighted by molar-refractivity contribution is -0.384. The molecule has 10 heteroatoms. The fourth-order valence-electron chi connectivity index (χ4n) is 2.48. The SMILES string of the molecule is CC(OC(=O)c1ccc(CO)cc1)C(=O)Nc1nc(-c2cccc([N+](=O)[O-])c2)cs1. The predicted octanol–water partition coefficient (Wildman–Crippen LogP) is 3.39. The van der Waals surface area contributed by atoms with Gasteiger partial charge in [-0.1, -0.05) is 24.3 Å². The van der Waals surface area contributed by atoms with Crippen molar-refractivity contribution in [2.75, 3.05) is 5.32 Å². The van der Waals surface area contributed by atoms with E-state index in [-0.39, 0.29) is 23.0 Å². The van der Waals surface area contributed by atoms with Crippen LogP contribution < -0.4 is 5.32 Å². The summed E-state index contributed by atoms with van der Waals surface area (Å²) in [6.07, 6.45) is -1.07. The van der Waals surface area contributed by atoms with Gasteiger partial charge in [0.15, 0.2) is 11.2 Å². The monoisotopic (exact) mass is 427 g/mol. The van der Waals surface area contributed by atoms with Gasteiger partial charge in [0.25, 0.3) is 11.6 Å². The summed E-state index contributed by atoms with van der Waals surface area (Å²) in [5, 5.41) is 24.4. The Hall–Kier alpha value is -3.63. The third-order valence-corrected chi connectivity index (χ3v) is 4.87. The van der Waals surface area contributed by atoms with Gasteiger partial charge in [0.2, 0.25) is 0 Å². The highest BCUT2D eigenvalue weighted by molar-refractivity contribution is 7.14. The van der Waals surface area contributed by atoms with Crippen LogP contribution in [0.5, 0.6) is 0 Å². The van der Waals surface area contributed by atoms with E-state index < -0.39 is 22.9 Å². The number of nitro benzene ring substituents is 1. The van der Waals surface area contributed by atoms with Crippen LogP contribution in [0, 0.1) is 10.1 Å². The summed E-state index contributed by atoms with van der Waals surface area (Å²) in [5.41, 5.74) is 1.88. The molecule has 1 atom stereocenters. The van der Waals surface area contributed by atoms with Crippen LogP contribution in [0.25, 0.3) is 11.3 Å². The zero-order valence-electron chi connectivity index (χ0n) is 15.8. The molecule has 1 aromatic heterocycles. The van der Waals surface area contributed by atoms with Crippen molar-refractivity contribution in [2.45, 2.75) is 19.6 Å². The summed E-state index contributed by atoms with van der Waals surface area (Å²) in [7, 11) is 0. The second-order valence-electron chi connectivity index (χ2n) is 6.24. The molecule has 0 aliphatic heterocycles. The van der Waals surface area contributed by atoms with Crippen LogP contribution in [0.1, 0.15) is 22.8 Å². The highest BCUT2D eigenvalue weighted by Crippen LogP contribution is 2.27. The topological polar surface area (TPSA) is 132 Å². The van der Waals surface area contributed by atoms with Crippen LogP contribution >= 0.6 is 11.3 Å². The molecular formula is C20H17N3O6S. The van der Waals surface area contributed by atoms with Gasteiger partial charge in [-0.2, -0.15) is 0 Å². The molecule has 3 rings (SSSR count). The molecule has 0 spiro atoms. The lowest BCUT2D eigenvalue weighted by atomic mass is 10.1. The highest BCUT2D eigenvalue weighted by atomic mass is 32.1. The molecule has 2 N–H and O–H groups in total. The standard InChI is InChI=1S/C20H17N3O6S/c1-12(29-19(26)14-7-5-13(10-24)6-8-14)18(25)22-20-21-17(11-30-20)15-3-2-4-16(9-15)23(27)28/h2-9,11-12,24H,10H2,1H3,(H,21,22,25). The number of aliphatic hydroxyl groups is 1. The molecule has 0 saturated carbocycles. The Labute approximate surface area is 175 Å². The maximum absolute atomic E-state index is 12.3. The third kappa shape index (κ3) is 5.04. The molecule has 9 nitrogen and oxygen atoms in total. The number of nitrogens with zero attached hydrogens (tertiary/aromatic N) is 2. The van der Waals surface area contributed by atoms with Crippen LogP contribution in [-0.4, -0.2) is 33.0 Å². The molecule has 0 fully saturated rings. The van der Waals surface area contributed by atoms with Crippen molar-refractivity contribution in [3.63, 3.8) is 0 Å². The Morgan fingerprint density at radius 3 is 2.67 bits per heavy atom. The van der Waals surface area contributed by atoms with Crippen molar-refractivity contribution in [3.05, 3.63) is 75.2 Å². The zero-order valence-corrected chi connectivity index (χ0v) is 16.6.